The molecule has 0 radical (unpaired) electrons. The fourth-order valence-corrected chi connectivity index (χ4v) is 2.15. The molecular formula is C14H29N3O. The van der Waals surface area contributed by atoms with Crippen LogP contribution in [0.1, 0.15) is 40.0 Å². The molecule has 18 heavy (non-hydrogen) atoms. The Bertz CT molecular complexity index is 258. The summed E-state index contributed by atoms with van der Waals surface area (Å²) < 4.78 is 5.64. The van der Waals surface area contributed by atoms with Crippen LogP contribution >= 0.6 is 0 Å². The Morgan fingerprint density at radius 1 is 1.33 bits per heavy atom. The van der Waals surface area contributed by atoms with Gasteiger partial charge in [0.25, 0.3) is 0 Å². The summed E-state index contributed by atoms with van der Waals surface area (Å²) in [7, 11) is 0. The molecule has 1 fully saturated rings. The lowest BCUT2D eigenvalue weighted by molar-refractivity contribution is 0.0779. The first-order chi connectivity index (χ1) is 8.44. The van der Waals surface area contributed by atoms with Gasteiger partial charge in [0.2, 0.25) is 0 Å². The molecule has 1 heterocycles. The summed E-state index contributed by atoms with van der Waals surface area (Å²) in [6.45, 7) is 11.3. The molecule has 0 aromatic heterocycles. The molecule has 3 N–H and O–H groups in total. The summed E-state index contributed by atoms with van der Waals surface area (Å²) in [4.78, 5) is 2.42. The second kappa shape index (κ2) is 7.10. The Morgan fingerprint density at radius 3 is 2.44 bits per heavy atom. The molecule has 0 saturated carbocycles. The van der Waals surface area contributed by atoms with Crippen molar-refractivity contribution in [1.82, 2.24) is 4.90 Å². The Kier molecular flexibility index (Phi) is 6.09. The average Bonchev–Trinajstić information content (AvgIpc) is 2.30. The molecule has 4 nitrogen and oxygen atoms in total. The highest BCUT2D eigenvalue weighted by Gasteiger charge is 2.32. The monoisotopic (exact) mass is 255 g/mol. The van der Waals surface area contributed by atoms with E-state index < -0.39 is 0 Å². The highest BCUT2D eigenvalue weighted by atomic mass is 16.5. The van der Waals surface area contributed by atoms with Gasteiger partial charge in [-0.2, -0.15) is 0 Å². The average molecular weight is 255 g/mol. The van der Waals surface area contributed by atoms with E-state index in [4.69, 9.17) is 15.9 Å². The van der Waals surface area contributed by atoms with E-state index in [-0.39, 0.29) is 5.41 Å². The summed E-state index contributed by atoms with van der Waals surface area (Å²) in [5.74, 6) is 1.06. The zero-order chi connectivity index (χ0) is 13.6. The molecule has 1 saturated heterocycles. The summed E-state index contributed by atoms with van der Waals surface area (Å²) >= 11 is 0. The minimum absolute atomic E-state index is 0.0744. The number of likely N-dealkylation sites (tertiary alicyclic amines) is 1. The lowest BCUT2D eigenvalue weighted by Crippen LogP contribution is -2.45. The minimum atomic E-state index is -0.0744. The smallest absolute Gasteiger partial charge is 0.0966 e. The van der Waals surface area contributed by atoms with Crippen molar-refractivity contribution >= 4 is 5.84 Å². The van der Waals surface area contributed by atoms with Gasteiger partial charge < -0.3 is 15.4 Å². The van der Waals surface area contributed by atoms with Crippen LogP contribution < -0.4 is 5.73 Å². The van der Waals surface area contributed by atoms with Crippen molar-refractivity contribution in [2.75, 3.05) is 32.8 Å². The number of rotatable bonds is 7. The molecule has 0 atom stereocenters. The van der Waals surface area contributed by atoms with E-state index in [1.54, 1.807) is 0 Å². The molecule has 1 aliphatic heterocycles. The van der Waals surface area contributed by atoms with Crippen LogP contribution in [0.25, 0.3) is 0 Å². The normalized spacial score (nSPS) is 20.2. The number of nitrogens with one attached hydrogen (secondary N) is 1. The van der Waals surface area contributed by atoms with E-state index in [1.807, 2.05) is 0 Å². The number of hydrogen-bond acceptors (Lipinski definition) is 3. The standard InChI is InChI=1S/C14H29N3O/c1-12(2)4-10-18-11-9-17-7-5-14(3,6-8-17)13(15)16/h12H,4-11H2,1-3H3,(H3,15,16). The van der Waals surface area contributed by atoms with Crippen LogP contribution in [-0.2, 0) is 4.74 Å². The van der Waals surface area contributed by atoms with Crippen LogP contribution in [0.2, 0.25) is 0 Å². The van der Waals surface area contributed by atoms with Gasteiger partial charge in [-0.25, -0.2) is 0 Å². The number of amidine groups is 1. The van der Waals surface area contributed by atoms with Gasteiger partial charge in [0, 0.05) is 18.6 Å². The topological polar surface area (TPSA) is 62.3 Å². The van der Waals surface area contributed by atoms with Crippen molar-refractivity contribution in [2.24, 2.45) is 17.1 Å². The summed E-state index contributed by atoms with van der Waals surface area (Å²) in [5, 5.41) is 7.62. The van der Waals surface area contributed by atoms with E-state index in [2.05, 4.69) is 25.7 Å². The second-order valence-electron chi connectivity index (χ2n) is 6.11. The van der Waals surface area contributed by atoms with Gasteiger partial charge in [-0.05, 0) is 38.3 Å². The van der Waals surface area contributed by atoms with Crippen LogP contribution in [0.4, 0.5) is 0 Å². The van der Waals surface area contributed by atoms with Crippen LogP contribution in [0.3, 0.4) is 0 Å². The highest BCUT2D eigenvalue weighted by Crippen LogP contribution is 2.30. The van der Waals surface area contributed by atoms with Crippen molar-refractivity contribution in [1.29, 1.82) is 5.41 Å². The molecule has 4 heteroatoms. The van der Waals surface area contributed by atoms with Crippen molar-refractivity contribution in [2.45, 2.75) is 40.0 Å². The molecule has 1 aliphatic rings. The maximum Gasteiger partial charge on any atom is 0.0966 e. The largest absolute Gasteiger partial charge is 0.387 e. The van der Waals surface area contributed by atoms with Crippen molar-refractivity contribution in [3.63, 3.8) is 0 Å². The number of ether oxygens (including phenoxy) is 1. The Balaban J connectivity index is 2.11. The molecule has 0 spiro atoms. The Hall–Kier alpha value is -0.610. The zero-order valence-electron chi connectivity index (χ0n) is 12.2. The third-order valence-electron chi connectivity index (χ3n) is 4.00. The molecule has 106 valence electrons. The van der Waals surface area contributed by atoms with Crippen molar-refractivity contribution < 1.29 is 4.74 Å². The van der Waals surface area contributed by atoms with E-state index in [0.717, 1.165) is 58.0 Å². The van der Waals surface area contributed by atoms with Crippen LogP contribution in [-0.4, -0.2) is 43.6 Å². The lowest BCUT2D eigenvalue weighted by atomic mass is 9.79. The predicted octanol–water partition coefficient (Wildman–Crippen LogP) is 2.09. The highest BCUT2D eigenvalue weighted by molar-refractivity contribution is 5.83. The van der Waals surface area contributed by atoms with Crippen LogP contribution in [0, 0.1) is 16.7 Å². The fourth-order valence-electron chi connectivity index (χ4n) is 2.15. The van der Waals surface area contributed by atoms with E-state index >= 15 is 0 Å². The first kappa shape index (κ1) is 15.4. The Labute approximate surface area is 111 Å². The fraction of sp³-hybridized carbons (Fsp3) is 0.929. The second-order valence-corrected chi connectivity index (χ2v) is 6.11. The van der Waals surface area contributed by atoms with E-state index in [9.17, 15) is 0 Å². The number of nitrogens with zero attached hydrogens (tertiary/aromatic N) is 1. The maximum atomic E-state index is 7.62. The molecule has 0 unspecified atom stereocenters. The first-order valence-electron chi connectivity index (χ1n) is 7.08. The summed E-state index contributed by atoms with van der Waals surface area (Å²) in [5.41, 5.74) is 5.58. The number of piperidine rings is 1. The Morgan fingerprint density at radius 2 is 1.94 bits per heavy atom. The van der Waals surface area contributed by atoms with Crippen LogP contribution in [0.15, 0.2) is 0 Å². The number of hydrogen-bond donors (Lipinski definition) is 2. The maximum absolute atomic E-state index is 7.62. The van der Waals surface area contributed by atoms with Gasteiger partial charge in [0.15, 0.2) is 0 Å². The molecule has 0 aromatic rings. The SMILES string of the molecule is CC(C)CCOCCN1CCC(C)(C(=N)N)CC1. The van der Waals surface area contributed by atoms with Crippen LogP contribution in [0.5, 0.6) is 0 Å². The summed E-state index contributed by atoms with van der Waals surface area (Å²) in [6, 6.07) is 0. The molecule has 0 bridgehead atoms. The van der Waals surface area contributed by atoms with Gasteiger partial charge in [-0.3, -0.25) is 5.41 Å². The van der Waals surface area contributed by atoms with Gasteiger partial charge >= 0.3 is 0 Å². The van der Waals surface area contributed by atoms with Gasteiger partial charge in [0.05, 0.1) is 12.4 Å². The number of nitrogens with two attached hydrogens (primary N) is 1. The van der Waals surface area contributed by atoms with E-state index in [0.29, 0.717) is 5.84 Å². The molecular weight excluding hydrogens is 226 g/mol. The van der Waals surface area contributed by atoms with Crippen molar-refractivity contribution in [3.8, 4) is 0 Å². The zero-order valence-corrected chi connectivity index (χ0v) is 12.2. The third kappa shape index (κ3) is 4.94. The summed E-state index contributed by atoms with van der Waals surface area (Å²) in [6.07, 6.45) is 3.13. The van der Waals surface area contributed by atoms with Gasteiger partial charge in [-0.15, -0.1) is 0 Å². The molecule has 1 rings (SSSR count). The van der Waals surface area contributed by atoms with Gasteiger partial charge in [0.1, 0.15) is 0 Å². The molecule has 0 aliphatic carbocycles. The minimum Gasteiger partial charge on any atom is -0.387 e. The quantitative estimate of drug-likeness (QED) is 0.416. The molecule has 0 amide bonds. The molecule has 0 aromatic carbocycles. The van der Waals surface area contributed by atoms with E-state index in [1.165, 1.54) is 0 Å². The first-order valence-corrected chi connectivity index (χ1v) is 7.08. The van der Waals surface area contributed by atoms with Crippen molar-refractivity contribution in [3.05, 3.63) is 0 Å². The third-order valence-corrected chi connectivity index (χ3v) is 4.00. The van der Waals surface area contributed by atoms with Gasteiger partial charge in [-0.1, -0.05) is 20.8 Å². The predicted molar refractivity (Wildman–Crippen MR) is 76.0 cm³/mol. The lowest BCUT2D eigenvalue weighted by Gasteiger charge is -2.38.